The maximum atomic E-state index is 14.1. The highest BCUT2D eigenvalue weighted by Crippen LogP contribution is 2.29. The van der Waals surface area contributed by atoms with Crippen molar-refractivity contribution in [1.29, 1.82) is 0 Å². The highest BCUT2D eigenvalue weighted by Gasteiger charge is 2.11. The number of hydrazone groups is 1. The van der Waals surface area contributed by atoms with Gasteiger partial charge < -0.3 is 4.74 Å². The molecule has 4 nitrogen and oxygen atoms in total. The van der Waals surface area contributed by atoms with Crippen molar-refractivity contribution in [3.63, 3.8) is 0 Å². The van der Waals surface area contributed by atoms with Gasteiger partial charge in [0, 0.05) is 16.5 Å². The van der Waals surface area contributed by atoms with Gasteiger partial charge in [-0.15, -0.1) is 11.3 Å². The summed E-state index contributed by atoms with van der Waals surface area (Å²) in [4.78, 5) is 4.44. The Kier molecular flexibility index (Phi) is 5.08. The number of nitrogens with one attached hydrogen (secondary N) is 1. The van der Waals surface area contributed by atoms with Gasteiger partial charge in [-0.2, -0.15) is 5.10 Å². The lowest BCUT2D eigenvalue weighted by Crippen LogP contribution is -1.97. The first kappa shape index (κ1) is 16.4. The molecule has 0 aliphatic carbocycles. The summed E-state index contributed by atoms with van der Waals surface area (Å²) in [6.07, 6.45) is 1.36. The number of thiazole rings is 1. The minimum absolute atomic E-state index is 0.00114. The number of hydrogen-bond acceptors (Lipinski definition) is 5. The first-order chi connectivity index (χ1) is 11.7. The van der Waals surface area contributed by atoms with Crippen LogP contribution in [0.25, 0.3) is 11.3 Å². The highest BCUT2D eigenvalue weighted by molar-refractivity contribution is 7.14. The van der Waals surface area contributed by atoms with Crippen LogP contribution in [0.15, 0.2) is 52.9 Å². The van der Waals surface area contributed by atoms with Crippen LogP contribution in [0.5, 0.6) is 5.75 Å². The molecule has 1 N–H and O–H groups in total. The molecule has 122 valence electrons. The SMILES string of the molecule is COc1c(Cl)ccc(C=NNc2nc(-c3ccccc3)cs2)c1F. The lowest BCUT2D eigenvalue weighted by Gasteiger charge is -2.05. The summed E-state index contributed by atoms with van der Waals surface area (Å²) in [6.45, 7) is 0. The number of ether oxygens (including phenoxy) is 1. The fourth-order valence-corrected chi connectivity index (χ4v) is 2.95. The van der Waals surface area contributed by atoms with Crippen molar-refractivity contribution in [3.05, 3.63) is 64.2 Å². The van der Waals surface area contributed by atoms with Crippen molar-refractivity contribution < 1.29 is 9.13 Å². The Morgan fingerprint density at radius 2 is 2.04 bits per heavy atom. The standard InChI is InChI=1S/C17H13ClFN3OS/c1-23-16-13(18)8-7-12(15(16)19)9-20-22-17-21-14(10-24-17)11-5-3-2-4-6-11/h2-10H,1H3,(H,21,22). The lowest BCUT2D eigenvalue weighted by atomic mass is 10.2. The fraction of sp³-hybridized carbons (Fsp3) is 0.0588. The van der Waals surface area contributed by atoms with Gasteiger partial charge in [0.25, 0.3) is 0 Å². The molecule has 1 aromatic heterocycles. The van der Waals surface area contributed by atoms with E-state index in [0.717, 1.165) is 11.3 Å². The number of methoxy groups -OCH3 is 1. The second-order valence-electron chi connectivity index (χ2n) is 4.76. The van der Waals surface area contributed by atoms with Gasteiger partial charge in [-0.1, -0.05) is 41.9 Å². The Labute approximate surface area is 147 Å². The summed E-state index contributed by atoms with van der Waals surface area (Å²) < 4.78 is 19.1. The molecule has 1 heterocycles. The lowest BCUT2D eigenvalue weighted by molar-refractivity contribution is 0.386. The molecular weight excluding hydrogens is 349 g/mol. The molecule has 0 amide bonds. The minimum Gasteiger partial charge on any atom is -0.492 e. The van der Waals surface area contributed by atoms with Crippen LogP contribution in [-0.4, -0.2) is 18.3 Å². The van der Waals surface area contributed by atoms with Gasteiger partial charge in [0.15, 0.2) is 11.6 Å². The monoisotopic (exact) mass is 361 g/mol. The van der Waals surface area contributed by atoms with E-state index in [4.69, 9.17) is 16.3 Å². The average molecular weight is 362 g/mol. The summed E-state index contributed by atoms with van der Waals surface area (Å²) in [5.74, 6) is -0.555. The van der Waals surface area contributed by atoms with Gasteiger partial charge in [-0.3, -0.25) is 5.43 Å². The average Bonchev–Trinajstić information content (AvgIpc) is 3.07. The number of benzene rings is 2. The molecule has 0 saturated heterocycles. The van der Waals surface area contributed by atoms with E-state index in [-0.39, 0.29) is 16.3 Å². The molecule has 3 aromatic rings. The van der Waals surface area contributed by atoms with Crippen LogP contribution in [0.1, 0.15) is 5.56 Å². The van der Waals surface area contributed by atoms with Crippen molar-refractivity contribution in [2.45, 2.75) is 0 Å². The smallest absolute Gasteiger partial charge is 0.203 e. The molecule has 0 atom stereocenters. The Hall–Kier alpha value is -2.44. The predicted molar refractivity (Wildman–Crippen MR) is 96.7 cm³/mol. The van der Waals surface area contributed by atoms with Gasteiger partial charge in [-0.05, 0) is 12.1 Å². The maximum absolute atomic E-state index is 14.1. The molecule has 0 bridgehead atoms. The summed E-state index contributed by atoms with van der Waals surface area (Å²) in [5.41, 5.74) is 4.95. The normalized spacial score (nSPS) is 11.0. The van der Waals surface area contributed by atoms with Crippen LogP contribution in [0.4, 0.5) is 9.52 Å². The number of halogens is 2. The van der Waals surface area contributed by atoms with Crippen LogP contribution in [0.3, 0.4) is 0 Å². The molecule has 0 aliphatic rings. The quantitative estimate of drug-likeness (QED) is 0.510. The fourth-order valence-electron chi connectivity index (χ4n) is 2.06. The van der Waals surface area contributed by atoms with Crippen LogP contribution in [-0.2, 0) is 0 Å². The van der Waals surface area contributed by atoms with E-state index in [9.17, 15) is 4.39 Å². The van der Waals surface area contributed by atoms with E-state index in [2.05, 4.69) is 15.5 Å². The predicted octanol–water partition coefficient (Wildman–Crippen LogP) is 5.06. The zero-order chi connectivity index (χ0) is 16.9. The van der Waals surface area contributed by atoms with Crippen molar-refractivity contribution in [3.8, 4) is 17.0 Å². The van der Waals surface area contributed by atoms with Gasteiger partial charge in [-0.25, -0.2) is 9.37 Å². The second-order valence-corrected chi connectivity index (χ2v) is 6.02. The zero-order valence-electron chi connectivity index (χ0n) is 12.7. The van der Waals surface area contributed by atoms with Crippen molar-refractivity contribution in [1.82, 2.24) is 4.98 Å². The van der Waals surface area contributed by atoms with Gasteiger partial charge in [0.2, 0.25) is 5.13 Å². The van der Waals surface area contributed by atoms with Gasteiger partial charge >= 0.3 is 0 Å². The molecule has 24 heavy (non-hydrogen) atoms. The Bertz CT molecular complexity index is 868. The first-order valence-electron chi connectivity index (χ1n) is 7.01. The van der Waals surface area contributed by atoms with Crippen LogP contribution in [0, 0.1) is 5.82 Å². The Morgan fingerprint density at radius 3 is 2.79 bits per heavy atom. The molecule has 0 aliphatic heterocycles. The molecule has 2 aromatic carbocycles. The molecular formula is C17H13ClFN3OS. The third-order valence-corrected chi connectivity index (χ3v) is 4.27. The number of nitrogens with zero attached hydrogens (tertiary/aromatic N) is 2. The Morgan fingerprint density at radius 1 is 1.25 bits per heavy atom. The third kappa shape index (κ3) is 3.55. The summed E-state index contributed by atoms with van der Waals surface area (Å²) in [7, 11) is 1.37. The maximum Gasteiger partial charge on any atom is 0.203 e. The summed E-state index contributed by atoms with van der Waals surface area (Å²) in [6, 6.07) is 12.9. The van der Waals surface area contributed by atoms with Crippen LogP contribution >= 0.6 is 22.9 Å². The molecule has 0 radical (unpaired) electrons. The molecule has 0 fully saturated rings. The molecule has 3 rings (SSSR count). The molecule has 0 spiro atoms. The van der Waals surface area contributed by atoms with Crippen molar-refractivity contribution >= 4 is 34.3 Å². The van der Waals surface area contributed by atoms with Crippen LogP contribution in [0.2, 0.25) is 5.02 Å². The zero-order valence-corrected chi connectivity index (χ0v) is 14.2. The van der Waals surface area contributed by atoms with E-state index in [0.29, 0.717) is 5.13 Å². The summed E-state index contributed by atoms with van der Waals surface area (Å²) in [5, 5.41) is 6.78. The highest BCUT2D eigenvalue weighted by atomic mass is 35.5. The van der Waals surface area contributed by atoms with Gasteiger partial charge in [0.05, 0.1) is 24.0 Å². The van der Waals surface area contributed by atoms with Gasteiger partial charge in [0.1, 0.15) is 0 Å². The third-order valence-electron chi connectivity index (χ3n) is 3.22. The topological polar surface area (TPSA) is 46.5 Å². The molecule has 7 heteroatoms. The number of rotatable bonds is 5. The Balaban J connectivity index is 1.73. The minimum atomic E-state index is -0.556. The number of aromatic nitrogens is 1. The van der Waals surface area contributed by atoms with Crippen molar-refractivity contribution in [2.75, 3.05) is 12.5 Å². The molecule has 0 unspecified atom stereocenters. The van der Waals surface area contributed by atoms with Crippen LogP contribution < -0.4 is 10.2 Å². The summed E-state index contributed by atoms with van der Waals surface area (Å²) >= 11 is 7.28. The van der Waals surface area contributed by atoms with E-state index >= 15 is 0 Å². The van der Waals surface area contributed by atoms with E-state index < -0.39 is 5.82 Å². The van der Waals surface area contributed by atoms with E-state index in [1.807, 2.05) is 35.7 Å². The largest absolute Gasteiger partial charge is 0.492 e. The first-order valence-corrected chi connectivity index (χ1v) is 8.27. The second kappa shape index (κ2) is 7.42. The number of anilines is 1. The van der Waals surface area contributed by atoms with E-state index in [1.54, 1.807) is 6.07 Å². The molecule has 0 saturated carbocycles. The van der Waals surface area contributed by atoms with E-state index in [1.165, 1.54) is 30.7 Å². The van der Waals surface area contributed by atoms with Crippen molar-refractivity contribution in [2.24, 2.45) is 5.10 Å². The number of hydrogen-bond donors (Lipinski definition) is 1.